The molecule has 2 aromatic rings. The molecule has 0 aliphatic carbocycles. The Morgan fingerprint density at radius 1 is 1.15 bits per heavy atom. The summed E-state index contributed by atoms with van der Waals surface area (Å²) >= 11 is 0. The van der Waals surface area contributed by atoms with E-state index < -0.39 is 11.7 Å². The van der Waals surface area contributed by atoms with E-state index in [0.29, 0.717) is 23.1 Å². The van der Waals surface area contributed by atoms with Crippen molar-refractivity contribution in [3.63, 3.8) is 0 Å². The van der Waals surface area contributed by atoms with Crippen molar-refractivity contribution in [1.29, 1.82) is 0 Å². The molecule has 138 valence electrons. The average molecular weight is 356 g/mol. The fourth-order valence-corrected chi connectivity index (χ4v) is 3.10. The van der Waals surface area contributed by atoms with Gasteiger partial charge in [-0.1, -0.05) is 49.4 Å². The number of primary amides is 1. The summed E-state index contributed by atoms with van der Waals surface area (Å²) in [6.45, 7) is 5.48. The van der Waals surface area contributed by atoms with Gasteiger partial charge in [0, 0.05) is 29.6 Å². The summed E-state index contributed by atoms with van der Waals surface area (Å²) in [6, 6.07) is 11.6. The average Bonchev–Trinajstić information content (AvgIpc) is 2.60. The van der Waals surface area contributed by atoms with E-state index in [4.69, 9.17) is 5.73 Å². The van der Waals surface area contributed by atoms with Crippen LogP contribution in [0.15, 0.2) is 42.5 Å². The van der Waals surface area contributed by atoms with Crippen molar-refractivity contribution in [3.8, 4) is 0 Å². The number of carbonyl (C=O) groups is 2. The van der Waals surface area contributed by atoms with Crippen molar-refractivity contribution in [2.24, 2.45) is 5.73 Å². The normalized spacial score (nSPS) is 13.2. The Morgan fingerprint density at radius 3 is 2.38 bits per heavy atom. The lowest BCUT2D eigenvalue weighted by Crippen LogP contribution is -2.34. The Bertz CT molecular complexity index is 790. The van der Waals surface area contributed by atoms with Crippen LogP contribution in [0.2, 0.25) is 0 Å². The molecule has 0 spiro atoms. The lowest BCUT2D eigenvalue weighted by atomic mass is 9.92. The molecule has 0 saturated carbocycles. The van der Waals surface area contributed by atoms with Gasteiger partial charge in [0.25, 0.3) is 0 Å². The van der Waals surface area contributed by atoms with Crippen molar-refractivity contribution < 1.29 is 14.0 Å². The first-order valence-corrected chi connectivity index (χ1v) is 8.78. The summed E-state index contributed by atoms with van der Waals surface area (Å²) in [5, 5.41) is 3.23. The Balaban J connectivity index is 2.38. The molecular formula is C21H25FN2O2. The van der Waals surface area contributed by atoms with Crippen LogP contribution < -0.4 is 11.1 Å². The number of carbonyl (C=O) groups excluding carboxylic acids is 2. The second-order valence-electron chi connectivity index (χ2n) is 6.55. The van der Waals surface area contributed by atoms with Gasteiger partial charge in [0.2, 0.25) is 5.91 Å². The highest BCUT2D eigenvalue weighted by molar-refractivity contribution is 6.10. The first kappa shape index (κ1) is 19.8. The Hall–Kier alpha value is -2.53. The summed E-state index contributed by atoms with van der Waals surface area (Å²) in [6.07, 6.45) is 0.780. The summed E-state index contributed by atoms with van der Waals surface area (Å²) < 4.78 is 15.3. The number of amides is 1. The number of hydrogen-bond acceptors (Lipinski definition) is 3. The molecule has 0 bridgehead atoms. The van der Waals surface area contributed by atoms with Crippen LogP contribution in [0.5, 0.6) is 0 Å². The maximum absolute atomic E-state index is 15.3. The summed E-state index contributed by atoms with van der Waals surface area (Å²) in [7, 11) is 0. The quantitative estimate of drug-likeness (QED) is 0.709. The summed E-state index contributed by atoms with van der Waals surface area (Å²) in [5.74, 6) is -1.25. The van der Waals surface area contributed by atoms with E-state index >= 15 is 4.39 Å². The molecule has 1 amide bonds. The standard InChI is InChI=1S/C21H25FN2O2/c1-4-17(24-14(3)12-18(23)25)16-11-10-13(2)19(20(16)22)21(26)15-8-6-5-7-9-15/h5-11,14,17,24H,4,12H2,1-3H3,(H2,23,25)/t14-,17-/m1/s1. The lowest BCUT2D eigenvalue weighted by molar-refractivity contribution is -0.118. The van der Waals surface area contributed by atoms with Gasteiger partial charge in [-0.2, -0.15) is 0 Å². The first-order valence-electron chi connectivity index (χ1n) is 8.78. The largest absolute Gasteiger partial charge is 0.370 e. The smallest absolute Gasteiger partial charge is 0.218 e. The minimum atomic E-state index is -0.510. The predicted octanol–water partition coefficient (Wildman–Crippen LogP) is 3.67. The van der Waals surface area contributed by atoms with Crippen molar-refractivity contribution in [1.82, 2.24) is 5.32 Å². The SMILES string of the molecule is CC[C@@H](N[C@H](C)CC(N)=O)c1ccc(C)c(C(=O)c2ccccc2)c1F. The van der Waals surface area contributed by atoms with Crippen LogP contribution in [0.3, 0.4) is 0 Å². The van der Waals surface area contributed by atoms with Gasteiger partial charge in [-0.05, 0) is 25.8 Å². The molecule has 0 unspecified atom stereocenters. The van der Waals surface area contributed by atoms with Gasteiger partial charge in [0.05, 0.1) is 5.56 Å². The molecule has 2 aromatic carbocycles. The maximum atomic E-state index is 15.3. The third-order valence-electron chi connectivity index (χ3n) is 4.42. The molecule has 0 saturated heterocycles. The van der Waals surface area contributed by atoms with E-state index in [9.17, 15) is 9.59 Å². The van der Waals surface area contributed by atoms with Gasteiger partial charge >= 0.3 is 0 Å². The molecule has 0 aromatic heterocycles. The minimum Gasteiger partial charge on any atom is -0.370 e. The molecule has 2 atom stereocenters. The van der Waals surface area contributed by atoms with Gasteiger partial charge < -0.3 is 11.1 Å². The topological polar surface area (TPSA) is 72.2 Å². The minimum absolute atomic E-state index is 0.0940. The summed E-state index contributed by atoms with van der Waals surface area (Å²) in [4.78, 5) is 23.9. The number of nitrogens with one attached hydrogen (secondary N) is 1. The first-order chi connectivity index (χ1) is 12.3. The number of nitrogens with two attached hydrogens (primary N) is 1. The summed E-state index contributed by atoms with van der Waals surface area (Å²) in [5.41, 5.74) is 6.80. The molecule has 5 heteroatoms. The Labute approximate surface area is 153 Å². The highest BCUT2D eigenvalue weighted by Crippen LogP contribution is 2.27. The fourth-order valence-electron chi connectivity index (χ4n) is 3.10. The zero-order chi connectivity index (χ0) is 19.3. The highest BCUT2D eigenvalue weighted by atomic mass is 19.1. The highest BCUT2D eigenvalue weighted by Gasteiger charge is 2.24. The van der Waals surface area contributed by atoms with E-state index in [2.05, 4.69) is 5.32 Å². The molecular weight excluding hydrogens is 331 g/mol. The van der Waals surface area contributed by atoms with Crippen LogP contribution in [0, 0.1) is 12.7 Å². The Morgan fingerprint density at radius 2 is 1.81 bits per heavy atom. The number of halogens is 1. The van der Waals surface area contributed by atoms with E-state index in [1.165, 1.54) is 0 Å². The number of aryl methyl sites for hydroxylation is 1. The van der Waals surface area contributed by atoms with E-state index in [1.807, 2.05) is 19.9 Å². The van der Waals surface area contributed by atoms with Crippen LogP contribution in [-0.2, 0) is 4.79 Å². The second-order valence-corrected chi connectivity index (χ2v) is 6.55. The van der Waals surface area contributed by atoms with E-state index in [0.717, 1.165) is 0 Å². The molecule has 0 fully saturated rings. The zero-order valence-corrected chi connectivity index (χ0v) is 15.4. The molecule has 0 aliphatic heterocycles. The molecule has 26 heavy (non-hydrogen) atoms. The monoisotopic (exact) mass is 356 g/mol. The van der Waals surface area contributed by atoms with Crippen LogP contribution in [-0.4, -0.2) is 17.7 Å². The second kappa shape index (κ2) is 8.72. The van der Waals surface area contributed by atoms with Gasteiger partial charge in [0.15, 0.2) is 5.78 Å². The molecule has 0 radical (unpaired) electrons. The van der Waals surface area contributed by atoms with Crippen LogP contribution in [0.1, 0.15) is 59.8 Å². The van der Waals surface area contributed by atoms with Crippen LogP contribution in [0.4, 0.5) is 4.39 Å². The molecule has 0 aliphatic rings. The molecule has 2 rings (SSSR count). The molecule has 0 heterocycles. The number of ketones is 1. The van der Waals surface area contributed by atoms with Gasteiger partial charge in [0.1, 0.15) is 5.82 Å². The van der Waals surface area contributed by atoms with Crippen molar-refractivity contribution in [2.75, 3.05) is 0 Å². The zero-order valence-electron chi connectivity index (χ0n) is 15.4. The number of rotatable bonds is 8. The maximum Gasteiger partial charge on any atom is 0.218 e. The van der Waals surface area contributed by atoms with Crippen molar-refractivity contribution >= 4 is 11.7 Å². The van der Waals surface area contributed by atoms with E-state index in [1.54, 1.807) is 43.3 Å². The fraction of sp³-hybridized carbons (Fsp3) is 0.333. The van der Waals surface area contributed by atoms with E-state index in [-0.39, 0.29) is 29.9 Å². The molecule has 3 N–H and O–H groups in total. The number of hydrogen-bond donors (Lipinski definition) is 2. The number of benzene rings is 2. The third-order valence-corrected chi connectivity index (χ3v) is 4.42. The van der Waals surface area contributed by atoms with Gasteiger partial charge in [-0.25, -0.2) is 4.39 Å². The van der Waals surface area contributed by atoms with Gasteiger partial charge in [-0.15, -0.1) is 0 Å². The third kappa shape index (κ3) is 4.55. The predicted molar refractivity (Wildman–Crippen MR) is 100 cm³/mol. The Kier molecular flexibility index (Phi) is 6.64. The van der Waals surface area contributed by atoms with Gasteiger partial charge in [-0.3, -0.25) is 9.59 Å². The van der Waals surface area contributed by atoms with Crippen molar-refractivity contribution in [2.45, 2.75) is 45.7 Å². The molecule has 4 nitrogen and oxygen atoms in total. The lowest BCUT2D eigenvalue weighted by Gasteiger charge is -2.23. The van der Waals surface area contributed by atoms with Crippen LogP contribution >= 0.6 is 0 Å². The van der Waals surface area contributed by atoms with Crippen LogP contribution in [0.25, 0.3) is 0 Å². The van der Waals surface area contributed by atoms with Crippen molar-refractivity contribution in [3.05, 3.63) is 70.5 Å².